The van der Waals surface area contributed by atoms with Gasteiger partial charge in [0.25, 0.3) is 10.0 Å². The van der Waals surface area contributed by atoms with Crippen molar-refractivity contribution in [2.24, 2.45) is 5.92 Å². The van der Waals surface area contributed by atoms with Crippen LogP contribution >= 0.6 is 22.6 Å². The fourth-order valence-corrected chi connectivity index (χ4v) is 5.17. The standard InChI is InChI=1S/C25H33IN2O8S/c1-17(2)15-28(37(31,32)21-9-10-23-24(14-21)35-16-34-23)36-25(30)27-22(18(3)29)13-19-5-7-20(8-6-19)33-12-4-11-26/h5-10,14,17-18,22,29H,4,11-13,15-16H2,1-3H3,(H,27,30). The molecular weight excluding hydrogens is 615 g/mol. The average molecular weight is 649 g/mol. The molecule has 0 fully saturated rings. The molecule has 0 saturated carbocycles. The van der Waals surface area contributed by atoms with Crippen LogP contribution in [0.1, 0.15) is 32.8 Å². The molecule has 1 aliphatic heterocycles. The van der Waals surface area contributed by atoms with Gasteiger partial charge in [-0.05, 0) is 60.0 Å². The summed E-state index contributed by atoms with van der Waals surface area (Å²) in [7, 11) is -4.20. The van der Waals surface area contributed by atoms with Crippen LogP contribution in [0.25, 0.3) is 0 Å². The van der Waals surface area contributed by atoms with Gasteiger partial charge in [0.2, 0.25) is 6.79 Å². The number of ether oxygens (including phenoxy) is 3. The molecule has 10 nitrogen and oxygen atoms in total. The number of aliphatic hydroxyl groups excluding tert-OH is 1. The number of alkyl halides is 1. The lowest BCUT2D eigenvalue weighted by Crippen LogP contribution is -2.47. The van der Waals surface area contributed by atoms with Crippen molar-refractivity contribution < 1.29 is 37.4 Å². The van der Waals surface area contributed by atoms with Crippen LogP contribution in [0.3, 0.4) is 0 Å². The van der Waals surface area contributed by atoms with Gasteiger partial charge >= 0.3 is 6.09 Å². The maximum atomic E-state index is 13.3. The molecule has 2 aromatic rings. The van der Waals surface area contributed by atoms with Crippen LogP contribution in [-0.4, -0.2) is 60.6 Å². The molecule has 1 amide bonds. The molecule has 37 heavy (non-hydrogen) atoms. The highest BCUT2D eigenvalue weighted by atomic mass is 127. The number of rotatable bonds is 13. The van der Waals surface area contributed by atoms with Gasteiger partial charge in [-0.15, -0.1) is 0 Å². The lowest BCUT2D eigenvalue weighted by Gasteiger charge is -2.25. The van der Waals surface area contributed by atoms with Gasteiger partial charge in [-0.3, -0.25) is 0 Å². The number of amides is 1. The smallest absolute Gasteiger partial charge is 0.427 e. The Morgan fingerprint density at radius 2 is 1.84 bits per heavy atom. The predicted octanol–water partition coefficient (Wildman–Crippen LogP) is 3.90. The largest absolute Gasteiger partial charge is 0.494 e. The fraction of sp³-hybridized carbons (Fsp3) is 0.480. The van der Waals surface area contributed by atoms with Crippen LogP contribution in [0.5, 0.6) is 17.2 Å². The van der Waals surface area contributed by atoms with E-state index in [9.17, 15) is 18.3 Å². The van der Waals surface area contributed by atoms with Crippen molar-refractivity contribution in [3.8, 4) is 17.2 Å². The summed E-state index contributed by atoms with van der Waals surface area (Å²) in [5.41, 5.74) is 0.861. The summed E-state index contributed by atoms with van der Waals surface area (Å²) in [6.45, 7) is 5.72. The summed E-state index contributed by atoms with van der Waals surface area (Å²) >= 11 is 2.30. The van der Waals surface area contributed by atoms with Crippen molar-refractivity contribution in [1.29, 1.82) is 0 Å². The minimum atomic E-state index is -4.20. The van der Waals surface area contributed by atoms with Gasteiger partial charge in [-0.25, -0.2) is 13.2 Å². The van der Waals surface area contributed by atoms with Crippen LogP contribution < -0.4 is 19.5 Å². The van der Waals surface area contributed by atoms with Gasteiger partial charge in [-0.2, -0.15) is 0 Å². The van der Waals surface area contributed by atoms with Crippen molar-refractivity contribution in [2.45, 2.75) is 50.7 Å². The SMILES string of the molecule is CC(C)CN(OC(=O)NC(Cc1ccc(OCCCI)cc1)C(C)O)S(=O)(=O)c1ccc2c(c1)OCO2. The van der Waals surface area contributed by atoms with E-state index in [1.165, 1.54) is 18.2 Å². The zero-order chi connectivity index (χ0) is 27.0. The van der Waals surface area contributed by atoms with Crippen molar-refractivity contribution >= 4 is 38.7 Å². The number of nitrogens with zero attached hydrogens (tertiary/aromatic N) is 1. The Morgan fingerprint density at radius 1 is 1.14 bits per heavy atom. The first-order valence-electron chi connectivity index (χ1n) is 12.0. The van der Waals surface area contributed by atoms with Gasteiger partial charge in [0.1, 0.15) is 5.75 Å². The first kappa shape index (κ1) is 29.3. The third kappa shape index (κ3) is 8.35. The molecule has 3 rings (SSSR count). The predicted molar refractivity (Wildman–Crippen MR) is 146 cm³/mol. The number of hydrogen-bond donors (Lipinski definition) is 2. The Hall–Kier alpha value is -2.29. The highest BCUT2D eigenvalue weighted by Crippen LogP contribution is 2.34. The van der Waals surface area contributed by atoms with E-state index in [2.05, 4.69) is 27.9 Å². The summed E-state index contributed by atoms with van der Waals surface area (Å²) in [6, 6.07) is 10.9. The maximum absolute atomic E-state index is 13.3. The molecule has 0 aliphatic carbocycles. The number of benzene rings is 2. The molecule has 0 bridgehead atoms. The molecule has 2 atom stereocenters. The number of aliphatic hydroxyl groups is 1. The van der Waals surface area contributed by atoms with E-state index >= 15 is 0 Å². The zero-order valence-electron chi connectivity index (χ0n) is 21.1. The summed E-state index contributed by atoms with van der Waals surface area (Å²) in [4.78, 5) is 18.0. The van der Waals surface area contributed by atoms with Gasteiger partial charge in [0.15, 0.2) is 11.5 Å². The van der Waals surface area contributed by atoms with E-state index in [0.29, 0.717) is 29.0 Å². The van der Waals surface area contributed by atoms with Crippen molar-refractivity contribution in [2.75, 3.05) is 24.4 Å². The number of halogens is 1. The first-order chi connectivity index (χ1) is 17.6. The van der Waals surface area contributed by atoms with E-state index in [0.717, 1.165) is 22.2 Å². The third-order valence-electron chi connectivity index (χ3n) is 5.42. The topological polar surface area (TPSA) is 124 Å². The van der Waals surface area contributed by atoms with Gasteiger partial charge in [0, 0.05) is 10.5 Å². The molecule has 0 radical (unpaired) electrons. The van der Waals surface area contributed by atoms with Gasteiger partial charge < -0.3 is 29.5 Å². The lowest BCUT2D eigenvalue weighted by atomic mass is 10.0. The summed E-state index contributed by atoms with van der Waals surface area (Å²) in [6.07, 6.45) is -0.651. The van der Waals surface area contributed by atoms with Crippen LogP contribution in [0.4, 0.5) is 4.79 Å². The number of carbonyl (C=O) groups excluding carboxylic acids is 1. The van der Waals surface area contributed by atoms with Crippen LogP contribution in [0.2, 0.25) is 0 Å². The summed E-state index contributed by atoms with van der Waals surface area (Å²) in [5, 5.41) is 12.9. The normalized spacial score (nSPS) is 14.5. The summed E-state index contributed by atoms with van der Waals surface area (Å²) in [5.74, 6) is 1.34. The van der Waals surface area contributed by atoms with Crippen LogP contribution in [0, 0.1) is 5.92 Å². The molecular formula is C25H33IN2O8S. The van der Waals surface area contributed by atoms with Gasteiger partial charge in [0.05, 0.1) is 30.2 Å². The van der Waals surface area contributed by atoms with E-state index in [4.69, 9.17) is 19.0 Å². The Kier molecular flexibility index (Phi) is 10.7. The van der Waals surface area contributed by atoms with E-state index < -0.39 is 28.3 Å². The second-order valence-corrected chi connectivity index (χ2v) is 11.9. The van der Waals surface area contributed by atoms with Crippen LogP contribution in [-0.2, 0) is 21.3 Å². The Morgan fingerprint density at radius 3 is 2.49 bits per heavy atom. The molecule has 2 unspecified atom stereocenters. The molecule has 12 heteroatoms. The van der Waals surface area contributed by atoms with Gasteiger partial charge in [-0.1, -0.05) is 48.6 Å². The van der Waals surface area contributed by atoms with E-state index in [1.807, 2.05) is 24.3 Å². The summed E-state index contributed by atoms with van der Waals surface area (Å²) < 4.78 is 44.5. The number of hydrogen-bond acceptors (Lipinski definition) is 8. The third-order valence-corrected chi connectivity index (χ3v) is 7.79. The monoisotopic (exact) mass is 648 g/mol. The Bertz CT molecular complexity index is 1140. The number of nitrogens with one attached hydrogen (secondary N) is 1. The molecule has 0 aromatic heterocycles. The van der Waals surface area contributed by atoms with E-state index in [1.54, 1.807) is 20.8 Å². The number of sulfonamides is 1. The molecule has 0 spiro atoms. The molecule has 204 valence electrons. The zero-order valence-corrected chi connectivity index (χ0v) is 24.0. The number of fused-ring (bicyclic) bond motifs is 1. The quantitative estimate of drug-likeness (QED) is 0.145. The van der Waals surface area contributed by atoms with Crippen LogP contribution in [0.15, 0.2) is 47.4 Å². The Balaban J connectivity index is 1.68. The Labute approximate surface area is 231 Å². The maximum Gasteiger partial charge on any atom is 0.427 e. The first-order valence-corrected chi connectivity index (χ1v) is 14.9. The van der Waals surface area contributed by atoms with Crippen molar-refractivity contribution in [3.05, 3.63) is 48.0 Å². The minimum Gasteiger partial charge on any atom is -0.494 e. The van der Waals surface area contributed by atoms with Crippen molar-refractivity contribution in [1.82, 2.24) is 9.79 Å². The highest BCUT2D eigenvalue weighted by molar-refractivity contribution is 14.1. The van der Waals surface area contributed by atoms with E-state index in [-0.39, 0.29) is 24.2 Å². The lowest BCUT2D eigenvalue weighted by molar-refractivity contribution is -0.0323. The molecule has 1 heterocycles. The molecule has 1 aliphatic rings. The second-order valence-electron chi connectivity index (χ2n) is 9.01. The second kappa shape index (κ2) is 13.5. The molecule has 2 N–H and O–H groups in total. The minimum absolute atomic E-state index is 0.00250. The molecule has 2 aromatic carbocycles. The van der Waals surface area contributed by atoms with Crippen molar-refractivity contribution in [3.63, 3.8) is 0 Å². The molecule has 0 saturated heterocycles. The fourth-order valence-electron chi connectivity index (χ4n) is 3.47. The number of hydroxylamine groups is 1. The average Bonchev–Trinajstić information content (AvgIpc) is 3.32. The number of carbonyl (C=O) groups is 1. The highest BCUT2D eigenvalue weighted by Gasteiger charge is 2.32.